The number of carbonyl (C=O) groups excluding carboxylic acids is 1. The number of nitrogens with one attached hydrogen (secondary N) is 3. The fraction of sp³-hybridized carbons (Fsp3) is 0.385. The van der Waals surface area contributed by atoms with E-state index in [1.165, 1.54) is 6.92 Å². The van der Waals surface area contributed by atoms with Gasteiger partial charge in [-0.05, 0) is 30.7 Å². The quantitative estimate of drug-likeness (QED) is 0.214. The zero-order chi connectivity index (χ0) is 14.1. The largest absolute Gasteiger partial charge is 0.326 e. The van der Waals surface area contributed by atoms with E-state index in [0.29, 0.717) is 5.96 Å². The highest BCUT2D eigenvalue weighted by atomic mass is 16.1. The van der Waals surface area contributed by atoms with Crippen molar-refractivity contribution in [3.8, 4) is 0 Å². The Bertz CT molecular complexity index is 427. The van der Waals surface area contributed by atoms with Crippen LogP contribution in [0.3, 0.4) is 0 Å². The van der Waals surface area contributed by atoms with Gasteiger partial charge in [0.25, 0.3) is 0 Å². The van der Waals surface area contributed by atoms with Crippen molar-refractivity contribution >= 4 is 23.2 Å². The number of guanidine groups is 1. The van der Waals surface area contributed by atoms with Crippen molar-refractivity contribution in [3.05, 3.63) is 24.3 Å². The molecule has 0 atom stereocenters. The molecule has 6 heteroatoms. The number of nitrogens with zero attached hydrogens (tertiary/aromatic N) is 1. The predicted octanol–water partition coefficient (Wildman–Crippen LogP) is 1.68. The maximum absolute atomic E-state index is 10.9. The second-order valence-electron chi connectivity index (χ2n) is 4.11. The average molecular weight is 263 g/mol. The summed E-state index contributed by atoms with van der Waals surface area (Å²) in [7, 11) is 0. The maximum Gasteiger partial charge on any atom is 0.221 e. The molecule has 0 saturated carbocycles. The van der Waals surface area contributed by atoms with E-state index in [4.69, 9.17) is 5.84 Å². The van der Waals surface area contributed by atoms with Crippen LogP contribution in [-0.2, 0) is 4.79 Å². The van der Waals surface area contributed by atoms with E-state index < -0.39 is 0 Å². The molecular weight excluding hydrogens is 242 g/mol. The van der Waals surface area contributed by atoms with Crippen molar-refractivity contribution in [1.29, 1.82) is 0 Å². The highest BCUT2D eigenvalue weighted by Crippen LogP contribution is 2.13. The fourth-order valence-electron chi connectivity index (χ4n) is 1.45. The number of rotatable bonds is 5. The van der Waals surface area contributed by atoms with Gasteiger partial charge in [-0.3, -0.25) is 15.2 Å². The van der Waals surface area contributed by atoms with Gasteiger partial charge in [0.05, 0.1) is 0 Å². The van der Waals surface area contributed by atoms with Crippen molar-refractivity contribution in [2.75, 3.05) is 17.2 Å². The highest BCUT2D eigenvalue weighted by molar-refractivity contribution is 5.94. The molecule has 0 aliphatic carbocycles. The maximum atomic E-state index is 10.9. The van der Waals surface area contributed by atoms with Gasteiger partial charge >= 0.3 is 0 Å². The smallest absolute Gasteiger partial charge is 0.221 e. The number of benzene rings is 1. The molecular formula is C13H21N5O. The Balaban J connectivity index is 2.60. The molecule has 0 heterocycles. The number of aliphatic imine (C=N–C) groups is 1. The predicted molar refractivity (Wildman–Crippen MR) is 78.9 cm³/mol. The van der Waals surface area contributed by atoms with Gasteiger partial charge < -0.3 is 10.6 Å². The third-order valence-electron chi connectivity index (χ3n) is 2.39. The van der Waals surface area contributed by atoms with Crippen molar-refractivity contribution in [2.24, 2.45) is 10.8 Å². The van der Waals surface area contributed by atoms with Gasteiger partial charge in [-0.2, -0.15) is 0 Å². The first-order valence-corrected chi connectivity index (χ1v) is 6.31. The van der Waals surface area contributed by atoms with Crippen LogP contribution in [-0.4, -0.2) is 18.4 Å². The second-order valence-corrected chi connectivity index (χ2v) is 4.11. The van der Waals surface area contributed by atoms with Gasteiger partial charge in [0.15, 0.2) is 0 Å². The Hall–Kier alpha value is -2.08. The molecule has 5 N–H and O–H groups in total. The summed E-state index contributed by atoms with van der Waals surface area (Å²) in [5.74, 6) is 5.84. The normalized spacial score (nSPS) is 11.0. The van der Waals surface area contributed by atoms with Crippen molar-refractivity contribution in [2.45, 2.75) is 26.7 Å². The van der Waals surface area contributed by atoms with Gasteiger partial charge in [-0.25, -0.2) is 5.84 Å². The van der Waals surface area contributed by atoms with E-state index in [1.54, 1.807) is 0 Å². The molecule has 0 aliphatic rings. The lowest BCUT2D eigenvalue weighted by Crippen LogP contribution is -2.36. The monoisotopic (exact) mass is 263 g/mol. The molecule has 0 saturated heterocycles. The van der Waals surface area contributed by atoms with Crippen LogP contribution in [0.25, 0.3) is 0 Å². The first-order valence-electron chi connectivity index (χ1n) is 6.31. The Labute approximate surface area is 113 Å². The Kier molecular flexibility index (Phi) is 6.38. The van der Waals surface area contributed by atoms with Crippen LogP contribution < -0.4 is 21.9 Å². The molecule has 1 rings (SSSR count). The topological polar surface area (TPSA) is 91.5 Å². The van der Waals surface area contributed by atoms with Gasteiger partial charge in [-0.1, -0.05) is 13.3 Å². The molecule has 0 unspecified atom stereocenters. The zero-order valence-corrected chi connectivity index (χ0v) is 11.4. The highest BCUT2D eigenvalue weighted by Gasteiger charge is 1.99. The molecule has 0 spiro atoms. The summed E-state index contributed by atoms with van der Waals surface area (Å²) < 4.78 is 0. The SMILES string of the molecule is CCCCN=C(NN)Nc1ccc(NC(C)=O)cc1. The van der Waals surface area contributed by atoms with Crippen molar-refractivity contribution in [3.63, 3.8) is 0 Å². The van der Waals surface area contributed by atoms with Crippen LogP contribution in [0.5, 0.6) is 0 Å². The molecule has 0 radical (unpaired) electrons. The number of carbonyl (C=O) groups is 1. The molecule has 0 bridgehead atoms. The summed E-state index contributed by atoms with van der Waals surface area (Å²) in [4.78, 5) is 15.2. The van der Waals surface area contributed by atoms with Crippen LogP contribution in [0.15, 0.2) is 29.3 Å². The third kappa shape index (κ3) is 5.87. The molecule has 104 valence electrons. The summed E-state index contributed by atoms with van der Waals surface area (Å²) in [5.41, 5.74) is 4.13. The number of nitrogens with two attached hydrogens (primary N) is 1. The summed E-state index contributed by atoms with van der Waals surface area (Å²) >= 11 is 0. The van der Waals surface area contributed by atoms with Crippen molar-refractivity contribution < 1.29 is 4.79 Å². The minimum Gasteiger partial charge on any atom is -0.326 e. The standard InChI is InChI=1S/C13H21N5O/c1-3-4-9-15-13(18-14)17-12-7-5-11(6-8-12)16-10(2)19/h5-8H,3-4,9,14H2,1-2H3,(H,16,19)(H2,15,17,18). The van der Waals surface area contributed by atoms with Crippen LogP contribution in [0.2, 0.25) is 0 Å². The lowest BCUT2D eigenvalue weighted by molar-refractivity contribution is -0.114. The minimum atomic E-state index is -0.0915. The molecule has 1 aromatic rings. The Morgan fingerprint density at radius 3 is 2.26 bits per heavy atom. The van der Waals surface area contributed by atoms with E-state index >= 15 is 0 Å². The van der Waals surface area contributed by atoms with E-state index in [0.717, 1.165) is 30.8 Å². The average Bonchev–Trinajstić information content (AvgIpc) is 2.39. The van der Waals surface area contributed by atoms with E-state index in [1.807, 2.05) is 24.3 Å². The number of hydrazine groups is 1. The van der Waals surface area contributed by atoms with Gasteiger partial charge in [-0.15, -0.1) is 0 Å². The third-order valence-corrected chi connectivity index (χ3v) is 2.39. The fourth-order valence-corrected chi connectivity index (χ4v) is 1.45. The molecule has 6 nitrogen and oxygen atoms in total. The van der Waals surface area contributed by atoms with Crippen LogP contribution >= 0.6 is 0 Å². The molecule has 0 aromatic heterocycles. The van der Waals surface area contributed by atoms with Gasteiger partial charge in [0.2, 0.25) is 11.9 Å². The Morgan fingerprint density at radius 2 is 1.79 bits per heavy atom. The zero-order valence-electron chi connectivity index (χ0n) is 11.4. The summed E-state index contributed by atoms with van der Waals surface area (Å²) in [5, 5.41) is 5.77. The molecule has 0 aliphatic heterocycles. The first-order chi connectivity index (χ1) is 9.15. The lowest BCUT2D eigenvalue weighted by atomic mass is 10.3. The first kappa shape index (κ1) is 15.0. The number of hydrogen-bond donors (Lipinski definition) is 4. The summed E-state index contributed by atoms with van der Waals surface area (Å²) in [6.07, 6.45) is 2.11. The summed E-state index contributed by atoms with van der Waals surface area (Å²) in [6.45, 7) is 4.31. The van der Waals surface area contributed by atoms with E-state index in [-0.39, 0.29) is 5.91 Å². The van der Waals surface area contributed by atoms with E-state index in [2.05, 4.69) is 28.0 Å². The molecule has 1 aromatic carbocycles. The minimum absolute atomic E-state index is 0.0915. The molecule has 19 heavy (non-hydrogen) atoms. The number of amides is 1. The Morgan fingerprint density at radius 1 is 1.21 bits per heavy atom. The van der Waals surface area contributed by atoms with Crippen LogP contribution in [0.1, 0.15) is 26.7 Å². The van der Waals surface area contributed by atoms with Crippen molar-refractivity contribution in [1.82, 2.24) is 5.43 Å². The van der Waals surface area contributed by atoms with Crippen LogP contribution in [0.4, 0.5) is 11.4 Å². The molecule has 1 amide bonds. The molecule has 0 fully saturated rings. The van der Waals surface area contributed by atoms with Gasteiger partial charge in [0.1, 0.15) is 0 Å². The van der Waals surface area contributed by atoms with Gasteiger partial charge in [0, 0.05) is 24.8 Å². The summed E-state index contributed by atoms with van der Waals surface area (Å²) in [6, 6.07) is 7.31. The van der Waals surface area contributed by atoms with E-state index in [9.17, 15) is 4.79 Å². The second kappa shape index (κ2) is 8.10. The number of hydrogen-bond acceptors (Lipinski definition) is 3. The number of unbranched alkanes of at least 4 members (excludes halogenated alkanes) is 1. The lowest BCUT2D eigenvalue weighted by Gasteiger charge is -2.10. The van der Waals surface area contributed by atoms with Crippen LogP contribution in [0, 0.1) is 0 Å². The number of anilines is 2.